The van der Waals surface area contributed by atoms with E-state index in [9.17, 15) is 0 Å². The Morgan fingerprint density at radius 2 is 1.56 bits per heavy atom. The van der Waals surface area contributed by atoms with Crippen LogP contribution in [0, 0.1) is 0 Å². The summed E-state index contributed by atoms with van der Waals surface area (Å²) in [7, 11) is 0. The van der Waals surface area contributed by atoms with E-state index in [1.54, 1.807) is 46.0 Å². The van der Waals surface area contributed by atoms with Gasteiger partial charge in [-0.3, -0.25) is 0 Å². The van der Waals surface area contributed by atoms with Gasteiger partial charge in [0.05, 0.1) is 0 Å². The molecule has 0 atom stereocenters. The molecule has 4 nitrogen and oxygen atoms in total. The Balaban J connectivity index is 0.000000316. The van der Waals surface area contributed by atoms with Gasteiger partial charge in [0.15, 0.2) is 0 Å². The van der Waals surface area contributed by atoms with Gasteiger partial charge >= 0.3 is 169 Å². The molecule has 0 amide bonds. The van der Waals surface area contributed by atoms with Crippen LogP contribution in [0.3, 0.4) is 0 Å². The summed E-state index contributed by atoms with van der Waals surface area (Å²) in [6.07, 6.45) is 4.54. The van der Waals surface area contributed by atoms with E-state index in [0.29, 0.717) is 0 Å². The van der Waals surface area contributed by atoms with E-state index in [1.165, 1.54) is 30.3 Å². The molecule has 0 saturated heterocycles. The number of anilines is 1. The van der Waals surface area contributed by atoms with Crippen LogP contribution >= 0.6 is 50.5 Å². The number of thiol groups is 4. The summed E-state index contributed by atoms with van der Waals surface area (Å²) >= 11 is 18.8. The van der Waals surface area contributed by atoms with Crippen LogP contribution in [0.5, 0.6) is 11.5 Å². The minimum absolute atomic E-state index is 0.878. The van der Waals surface area contributed by atoms with Crippen molar-refractivity contribution >= 4 is 115 Å². The number of aryl methyl sites for hydroxylation is 2. The Bertz CT molecular complexity index is 1070. The molecule has 5 rings (SSSR count). The molecule has 3 aliphatic heterocycles. The van der Waals surface area contributed by atoms with Crippen molar-refractivity contribution < 1.29 is 4.74 Å². The first-order chi connectivity index (χ1) is 15.5. The molecule has 170 valence electrons. The zero-order chi connectivity index (χ0) is 23.1. The van der Waals surface area contributed by atoms with Crippen molar-refractivity contribution in [2.45, 2.75) is 25.7 Å². The molecule has 3 heterocycles. The molecule has 2 aromatic carbocycles. The summed E-state index contributed by atoms with van der Waals surface area (Å²) in [4.78, 5) is 9.70. The number of nitrogens with zero attached hydrogens (tertiary/aromatic N) is 2. The van der Waals surface area contributed by atoms with Crippen molar-refractivity contribution in [2.75, 3.05) is 41.4 Å². The van der Waals surface area contributed by atoms with Crippen molar-refractivity contribution in [2.24, 2.45) is 9.98 Å². The van der Waals surface area contributed by atoms with Gasteiger partial charge in [0, 0.05) is 0 Å². The van der Waals surface area contributed by atoms with Gasteiger partial charge in [0.25, 0.3) is 0 Å². The Labute approximate surface area is 239 Å². The Kier molecular flexibility index (Phi) is 11.7. The SMILES string of the molecule is SCCS.SCCS.[Sb][c]1c2c(cc3c1Oc1[c]([Sb])c4c(cc1=N3)CCCN=4)CCCN2. The van der Waals surface area contributed by atoms with Crippen molar-refractivity contribution in [3.8, 4) is 11.5 Å². The van der Waals surface area contributed by atoms with E-state index in [0.717, 1.165) is 83.3 Å². The molecule has 0 spiro atoms. The summed E-state index contributed by atoms with van der Waals surface area (Å²) < 4.78 is 8.81. The van der Waals surface area contributed by atoms with Gasteiger partial charge in [-0.05, 0) is 23.0 Å². The first-order valence-electron chi connectivity index (χ1n) is 10.6. The molecule has 0 bridgehead atoms. The quantitative estimate of drug-likeness (QED) is 0.208. The maximum atomic E-state index is 6.40. The molecule has 0 saturated carbocycles. The van der Waals surface area contributed by atoms with Crippen LogP contribution in [0.2, 0.25) is 0 Å². The second kappa shape index (κ2) is 13.7. The molecular weight excluding hydrogens is 694 g/mol. The molecule has 0 fully saturated rings. The van der Waals surface area contributed by atoms with Gasteiger partial charge in [-0.2, -0.15) is 50.5 Å². The summed E-state index contributed by atoms with van der Waals surface area (Å²) in [6, 6.07) is 4.40. The molecule has 0 aromatic heterocycles. The summed E-state index contributed by atoms with van der Waals surface area (Å²) in [5.74, 6) is 5.35. The molecule has 4 radical (unpaired) electrons. The summed E-state index contributed by atoms with van der Waals surface area (Å²) in [5.41, 5.74) is 4.95. The first-order valence-corrected chi connectivity index (χ1v) is 15.7. The topological polar surface area (TPSA) is 46.0 Å². The molecule has 0 aliphatic carbocycles. The number of ether oxygens (including phenoxy) is 1. The van der Waals surface area contributed by atoms with E-state index < -0.39 is 0 Å². The van der Waals surface area contributed by atoms with Gasteiger partial charge in [-0.25, -0.2) is 0 Å². The predicted molar refractivity (Wildman–Crippen MR) is 151 cm³/mol. The second-order valence-corrected chi connectivity index (χ2v) is 11.7. The standard InChI is InChI=1S/C18H15N3O.2C2H6S2.2Sb/c1-3-11-7-15-17(9-13(11)19-5-1)22-18-10-14-12(4-2-6-20-14)8-16(18)21-15;2*3-1-2-4;;/h7-8,19H,1-6H2;2*3-4H,1-2H2;;. The molecular formula is C22H27N3OS4Sb2. The monoisotopic (exact) mass is 719 g/mol. The zero-order valence-electron chi connectivity index (χ0n) is 17.7. The van der Waals surface area contributed by atoms with Gasteiger partial charge in [-0.1, -0.05) is 0 Å². The Hall–Kier alpha value is 0.676. The summed E-state index contributed by atoms with van der Waals surface area (Å²) in [5, 5.41) is 5.66. The van der Waals surface area contributed by atoms with Crippen LogP contribution in [0.25, 0.3) is 0 Å². The van der Waals surface area contributed by atoms with E-state index in [1.807, 2.05) is 0 Å². The third kappa shape index (κ3) is 6.46. The van der Waals surface area contributed by atoms with Crippen LogP contribution in [0.4, 0.5) is 11.4 Å². The van der Waals surface area contributed by atoms with Crippen LogP contribution in [0.1, 0.15) is 24.0 Å². The molecule has 0 unspecified atom stereocenters. The van der Waals surface area contributed by atoms with Gasteiger partial charge in [-0.15, -0.1) is 0 Å². The fraction of sp³-hybridized carbons (Fsp3) is 0.455. The number of rotatable bonds is 2. The number of hydrogen-bond acceptors (Lipinski definition) is 8. The third-order valence-electron chi connectivity index (χ3n) is 5.05. The third-order valence-corrected chi connectivity index (χ3v) is 9.05. The average Bonchev–Trinajstić information content (AvgIpc) is 2.84. The van der Waals surface area contributed by atoms with E-state index in [4.69, 9.17) is 14.7 Å². The van der Waals surface area contributed by atoms with Crippen molar-refractivity contribution in [3.63, 3.8) is 0 Å². The number of hydrogen-bond donors (Lipinski definition) is 5. The van der Waals surface area contributed by atoms with E-state index in [-0.39, 0.29) is 0 Å². The molecule has 3 aliphatic rings. The Morgan fingerprint density at radius 1 is 0.875 bits per heavy atom. The molecule has 32 heavy (non-hydrogen) atoms. The second-order valence-electron chi connectivity index (χ2n) is 7.31. The first kappa shape index (κ1) is 27.3. The molecule has 10 heteroatoms. The van der Waals surface area contributed by atoms with E-state index >= 15 is 0 Å². The van der Waals surface area contributed by atoms with Gasteiger partial charge < -0.3 is 0 Å². The predicted octanol–water partition coefficient (Wildman–Crippen LogP) is 1.95. The van der Waals surface area contributed by atoms with Crippen molar-refractivity contribution in [1.82, 2.24) is 0 Å². The average molecular weight is 721 g/mol. The van der Waals surface area contributed by atoms with Gasteiger partial charge in [0.1, 0.15) is 0 Å². The molecule has 1 N–H and O–H groups in total. The van der Waals surface area contributed by atoms with Crippen molar-refractivity contribution in [1.29, 1.82) is 0 Å². The van der Waals surface area contributed by atoms with Crippen LogP contribution in [0.15, 0.2) is 22.1 Å². The van der Waals surface area contributed by atoms with Crippen LogP contribution in [-0.2, 0) is 12.8 Å². The normalized spacial score (nSPS) is 14.7. The number of fused-ring (bicyclic) bond motifs is 4. The van der Waals surface area contributed by atoms with E-state index in [2.05, 4.69) is 68.0 Å². The van der Waals surface area contributed by atoms with Crippen LogP contribution in [-0.4, -0.2) is 82.1 Å². The minimum atomic E-state index is 0.878. The number of nitrogens with one attached hydrogen (secondary N) is 1. The zero-order valence-corrected chi connectivity index (χ0v) is 26.4. The van der Waals surface area contributed by atoms with Crippen molar-refractivity contribution in [3.05, 3.63) is 34.0 Å². The fourth-order valence-electron chi connectivity index (χ4n) is 3.68. The molecule has 2 aromatic rings. The van der Waals surface area contributed by atoms with Crippen LogP contribution < -0.4 is 27.8 Å². The number of benzene rings is 2. The fourth-order valence-corrected chi connectivity index (χ4v) is 5.84. The summed E-state index contributed by atoms with van der Waals surface area (Å²) in [6.45, 7) is 1.97. The maximum absolute atomic E-state index is 6.40. The van der Waals surface area contributed by atoms with Gasteiger partial charge in [0.2, 0.25) is 0 Å². The Morgan fingerprint density at radius 3 is 2.25 bits per heavy atom.